The van der Waals surface area contributed by atoms with E-state index >= 15 is 0 Å². The predicted molar refractivity (Wildman–Crippen MR) is 46.6 cm³/mol. The topological polar surface area (TPSA) is 9.23 Å². The average Bonchev–Trinajstić information content (AvgIpc) is 1.88. The van der Waals surface area contributed by atoms with Crippen molar-refractivity contribution in [3.05, 3.63) is 0 Å². The van der Waals surface area contributed by atoms with Gasteiger partial charge >= 0.3 is 0 Å². The Kier molecular flexibility index (Phi) is 4.43. The molecule has 0 saturated carbocycles. The van der Waals surface area contributed by atoms with Crippen molar-refractivity contribution >= 4 is 58.0 Å². The highest BCUT2D eigenvalue weighted by molar-refractivity contribution is 6.63. The quantitative estimate of drug-likeness (QED) is 0.695. The van der Waals surface area contributed by atoms with Gasteiger partial charge in [-0.05, 0) is 0 Å². The zero-order valence-corrected chi connectivity index (χ0v) is 8.78. The highest BCUT2D eigenvalue weighted by Gasteiger charge is 2.47. The molecule has 0 heterocycles. The van der Waals surface area contributed by atoms with Crippen LogP contribution in [0.15, 0.2) is 0 Å². The molecule has 0 aromatic rings. The fourth-order valence-corrected chi connectivity index (χ4v) is 0.840. The smallest absolute Gasteiger partial charge is 0.252 e. The SMILES string of the molecule is COC(Cl)(Cl)C(Cl)(Cl)CCl. The molecule has 62 valence electrons. The van der Waals surface area contributed by atoms with Crippen LogP contribution in [0.2, 0.25) is 0 Å². The summed E-state index contributed by atoms with van der Waals surface area (Å²) in [6.07, 6.45) is 0. The first-order valence-corrected chi connectivity index (χ1v) is 4.29. The number of hydrogen-bond acceptors (Lipinski definition) is 1. The van der Waals surface area contributed by atoms with Crippen LogP contribution in [0.3, 0.4) is 0 Å². The molecule has 0 aromatic carbocycles. The Morgan fingerprint density at radius 2 is 1.60 bits per heavy atom. The summed E-state index contributed by atoms with van der Waals surface area (Å²) in [7, 11) is 1.28. The van der Waals surface area contributed by atoms with Crippen LogP contribution in [0.25, 0.3) is 0 Å². The second kappa shape index (κ2) is 3.88. The van der Waals surface area contributed by atoms with Crippen molar-refractivity contribution in [2.75, 3.05) is 13.0 Å². The van der Waals surface area contributed by atoms with E-state index in [1.165, 1.54) is 7.11 Å². The molecule has 0 aliphatic rings. The molecule has 0 aliphatic carbocycles. The van der Waals surface area contributed by atoms with Crippen LogP contribution in [0.5, 0.6) is 0 Å². The molecular formula is C4H5Cl5O. The zero-order valence-electron chi connectivity index (χ0n) is 5.01. The number of methoxy groups -OCH3 is 1. The molecule has 0 spiro atoms. The molecule has 0 fully saturated rings. The average molecular weight is 246 g/mol. The van der Waals surface area contributed by atoms with Crippen molar-refractivity contribution in [2.45, 2.75) is 8.85 Å². The molecule has 0 N–H and O–H groups in total. The molecule has 0 atom stereocenters. The monoisotopic (exact) mass is 244 g/mol. The Balaban J connectivity index is 4.28. The van der Waals surface area contributed by atoms with Gasteiger partial charge in [0.1, 0.15) is 0 Å². The maximum Gasteiger partial charge on any atom is 0.252 e. The van der Waals surface area contributed by atoms with Gasteiger partial charge in [0, 0.05) is 7.11 Å². The van der Waals surface area contributed by atoms with Crippen molar-refractivity contribution < 1.29 is 4.74 Å². The molecule has 10 heavy (non-hydrogen) atoms. The summed E-state index contributed by atoms with van der Waals surface area (Å²) < 4.78 is 1.41. The minimum absolute atomic E-state index is 0.114. The number of alkyl halides is 5. The van der Waals surface area contributed by atoms with Crippen molar-refractivity contribution in [3.63, 3.8) is 0 Å². The fourth-order valence-electron chi connectivity index (χ4n) is 0.227. The van der Waals surface area contributed by atoms with E-state index < -0.39 is 8.85 Å². The van der Waals surface area contributed by atoms with E-state index in [4.69, 9.17) is 58.0 Å². The van der Waals surface area contributed by atoms with Crippen LogP contribution in [0.4, 0.5) is 0 Å². The van der Waals surface area contributed by atoms with Gasteiger partial charge in [-0.25, -0.2) is 0 Å². The Morgan fingerprint density at radius 1 is 1.20 bits per heavy atom. The van der Waals surface area contributed by atoms with E-state index in [1.807, 2.05) is 0 Å². The van der Waals surface area contributed by atoms with Gasteiger partial charge in [-0.15, -0.1) is 11.6 Å². The Hall–Kier alpha value is 1.41. The van der Waals surface area contributed by atoms with Gasteiger partial charge in [0.25, 0.3) is 4.52 Å². The van der Waals surface area contributed by atoms with E-state index in [2.05, 4.69) is 4.74 Å². The van der Waals surface area contributed by atoms with E-state index in [0.717, 1.165) is 0 Å². The number of rotatable bonds is 3. The highest BCUT2D eigenvalue weighted by atomic mass is 35.5. The van der Waals surface area contributed by atoms with Crippen LogP contribution in [0.1, 0.15) is 0 Å². The normalized spacial score (nSPS) is 13.8. The Morgan fingerprint density at radius 3 is 1.70 bits per heavy atom. The molecule has 0 rings (SSSR count). The third kappa shape index (κ3) is 2.47. The van der Waals surface area contributed by atoms with Crippen molar-refractivity contribution in [1.29, 1.82) is 0 Å². The number of hydrogen-bond donors (Lipinski definition) is 0. The zero-order chi connectivity index (χ0) is 8.41. The van der Waals surface area contributed by atoms with E-state index in [0.29, 0.717) is 0 Å². The lowest BCUT2D eigenvalue weighted by Gasteiger charge is -2.28. The second-order valence-corrected chi connectivity index (χ2v) is 4.57. The maximum absolute atomic E-state index is 5.56. The Labute approximate surface area is 84.5 Å². The van der Waals surface area contributed by atoms with Crippen molar-refractivity contribution in [3.8, 4) is 0 Å². The molecular weight excluding hydrogens is 241 g/mol. The lowest BCUT2D eigenvalue weighted by Crippen LogP contribution is -2.39. The van der Waals surface area contributed by atoms with Gasteiger partial charge in [0.15, 0.2) is 4.33 Å². The van der Waals surface area contributed by atoms with Crippen LogP contribution in [-0.4, -0.2) is 21.8 Å². The van der Waals surface area contributed by atoms with Crippen LogP contribution >= 0.6 is 58.0 Å². The molecule has 6 heteroatoms. The summed E-state index contributed by atoms with van der Waals surface area (Å²) in [6.45, 7) is 0. The third-order valence-electron chi connectivity index (χ3n) is 0.850. The fraction of sp³-hybridized carbons (Fsp3) is 1.00. The first-order valence-electron chi connectivity index (χ1n) is 2.24. The van der Waals surface area contributed by atoms with Gasteiger partial charge < -0.3 is 4.74 Å². The van der Waals surface area contributed by atoms with E-state index in [1.54, 1.807) is 0 Å². The summed E-state index contributed by atoms with van der Waals surface area (Å²) in [5.41, 5.74) is 0. The third-order valence-corrected chi connectivity index (χ3v) is 3.66. The molecule has 0 aromatic heterocycles. The lowest BCUT2D eigenvalue weighted by atomic mass is 10.5. The van der Waals surface area contributed by atoms with Crippen LogP contribution < -0.4 is 0 Å². The molecule has 0 saturated heterocycles. The summed E-state index contributed by atoms with van der Waals surface area (Å²) >= 11 is 27.5. The largest absolute Gasteiger partial charge is 0.348 e. The molecule has 0 radical (unpaired) electrons. The van der Waals surface area contributed by atoms with E-state index in [9.17, 15) is 0 Å². The standard InChI is InChI=1S/C4H5Cl5O/c1-10-4(8,9)3(6,7)2-5/h2H2,1H3. The summed E-state index contributed by atoms with van der Waals surface area (Å²) in [5.74, 6) is -0.114. The van der Waals surface area contributed by atoms with Crippen LogP contribution in [-0.2, 0) is 4.74 Å². The molecule has 0 aliphatic heterocycles. The summed E-state index contributed by atoms with van der Waals surface area (Å²) in [5, 5.41) is 0. The summed E-state index contributed by atoms with van der Waals surface area (Å²) in [4.78, 5) is 0. The van der Waals surface area contributed by atoms with Crippen molar-refractivity contribution in [1.82, 2.24) is 0 Å². The minimum atomic E-state index is -1.67. The van der Waals surface area contributed by atoms with Gasteiger partial charge in [-0.2, -0.15) is 0 Å². The lowest BCUT2D eigenvalue weighted by molar-refractivity contribution is 0.124. The van der Waals surface area contributed by atoms with Gasteiger partial charge in [-0.3, -0.25) is 0 Å². The highest BCUT2D eigenvalue weighted by Crippen LogP contribution is 2.43. The Bertz CT molecular complexity index is 98.2. The minimum Gasteiger partial charge on any atom is -0.348 e. The molecule has 0 unspecified atom stereocenters. The molecule has 1 nitrogen and oxygen atoms in total. The van der Waals surface area contributed by atoms with Gasteiger partial charge in [0.2, 0.25) is 0 Å². The second-order valence-electron chi connectivity index (χ2n) is 1.56. The van der Waals surface area contributed by atoms with Gasteiger partial charge in [0.05, 0.1) is 5.88 Å². The van der Waals surface area contributed by atoms with Crippen molar-refractivity contribution in [2.24, 2.45) is 0 Å². The summed E-state index contributed by atoms with van der Waals surface area (Å²) in [6, 6.07) is 0. The predicted octanol–water partition coefficient (Wildman–Crippen LogP) is 3.18. The molecule has 0 bridgehead atoms. The first kappa shape index (κ1) is 11.4. The maximum atomic E-state index is 5.56. The number of ether oxygens (including phenoxy) is 1. The van der Waals surface area contributed by atoms with E-state index in [-0.39, 0.29) is 5.88 Å². The van der Waals surface area contributed by atoms with Gasteiger partial charge in [-0.1, -0.05) is 46.4 Å². The van der Waals surface area contributed by atoms with Crippen LogP contribution in [0, 0.1) is 0 Å². The number of halogens is 5. The molecule has 0 amide bonds. The first-order chi connectivity index (χ1) is 4.37.